The van der Waals surface area contributed by atoms with Crippen molar-refractivity contribution in [2.75, 3.05) is 10.6 Å². The van der Waals surface area contributed by atoms with Crippen LogP contribution in [0, 0.1) is 13.8 Å². The number of urea groups is 1. The van der Waals surface area contributed by atoms with E-state index in [1.54, 1.807) is 24.3 Å². The van der Waals surface area contributed by atoms with Gasteiger partial charge in [-0.15, -0.1) is 0 Å². The number of carbonyl (C=O) groups excluding carboxylic acids is 2. The molecule has 0 heterocycles. The zero-order valence-corrected chi connectivity index (χ0v) is 11.9. The van der Waals surface area contributed by atoms with Crippen LogP contribution in [0.1, 0.15) is 21.5 Å². The van der Waals surface area contributed by atoms with Gasteiger partial charge in [-0.05, 0) is 44.2 Å². The Balaban J connectivity index is 2.17. The van der Waals surface area contributed by atoms with Gasteiger partial charge in [-0.2, -0.15) is 0 Å². The van der Waals surface area contributed by atoms with E-state index in [0.717, 1.165) is 11.1 Å². The molecule has 108 valence electrons. The van der Waals surface area contributed by atoms with Crippen molar-refractivity contribution in [3.05, 3.63) is 59.2 Å². The molecule has 0 aliphatic carbocycles. The largest absolute Gasteiger partial charge is 0.351 e. The van der Waals surface area contributed by atoms with Gasteiger partial charge in [-0.3, -0.25) is 4.79 Å². The van der Waals surface area contributed by atoms with Crippen molar-refractivity contribution in [1.82, 2.24) is 0 Å². The molecule has 21 heavy (non-hydrogen) atoms. The van der Waals surface area contributed by atoms with Crippen LogP contribution in [0.2, 0.25) is 0 Å². The number of aryl methyl sites for hydroxylation is 2. The maximum Gasteiger partial charge on any atom is 0.316 e. The van der Waals surface area contributed by atoms with Gasteiger partial charge in [0.05, 0.1) is 0 Å². The fourth-order valence-corrected chi connectivity index (χ4v) is 2.13. The molecule has 0 spiro atoms. The monoisotopic (exact) mass is 283 g/mol. The van der Waals surface area contributed by atoms with Gasteiger partial charge in [0, 0.05) is 16.9 Å². The standard InChI is InChI=1S/C16H17N3O2/c1-10-6-11(2)8-12(7-10)15(20)18-13-4-3-5-14(9-13)19-16(17)21/h3-9H,1-2H3,(H,18,20)(H3,17,19,21). The number of hydrogen-bond donors (Lipinski definition) is 3. The first-order valence-electron chi connectivity index (χ1n) is 6.50. The lowest BCUT2D eigenvalue weighted by Gasteiger charge is -2.09. The fraction of sp³-hybridized carbons (Fsp3) is 0.125. The lowest BCUT2D eigenvalue weighted by Crippen LogP contribution is -2.19. The molecule has 0 fully saturated rings. The molecule has 0 saturated heterocycles. The third-order valence-electron chi connectivity index (χ3n) is 2.87. The number of benzene rings is 2. The van der Waals surface area contributed by atoms with Crippen molar-refractivity contribution in [1.29, 1.82) is 0 Å². The van der Waals surface area contributed by atoms with E-state index in [0.29, 0.717) is 16.9 Å². The summed E-state index contributed by atoms with van der Waals surface area (Å²) in [6.45, 7) is 3.89. The van der Waals surface area contributed by atoms with Crippen molar-refractivity contribution in [2.24, 2.45) is 5.73 Å². The van der Waals surface area contributed by atoms with Crippen LogP contribution >= 0.6 is 0 Å². The van der Waals surface area contributed by atoms with E-state index in [-0.39, 0.29) is 5.91 Å². The highest BCUT2D eigenvalue weighted by atomic mass is 16.2. The molecular formula is C16H17N3O2. The number of rotatable bonds is 3. The summed E-state index contributed by atoms with van der Waals surface area (Å²) in [7, 11) is 0. The normalized spacial score (nSPS) is 10.0. The highest BCUT2D eigenvalue weighted by Gasteiger charge is 2.08. The number of hydrogen-bond acceptors (Lipinski definition) is 2. The van der Waals surface area contributed by atoms with E-state index in [2.05, 4.69) is 10.6 Å². The number of nitrogens with two attached hydrogens (primary N) is 1. The molecule has 5 heteroatoms. The number of primary amides is 1. The minimum absolute atomic E-state index is 0.196. The van der Waals surface area contributed by atoms with Gasteiger partial charge in [-0.1, -0.05) is 23.3 Å². The first kappa shape index (κ1) is 14.6. The highest BCUT2D eigenvalue weighted by molar-refractivity contribution is 6.04. The number of carbonyl (C=O) groups is 2. The van der Waals surface area contributed by atoms with Gasteiger partial charge in [0.1, 0.15) is 0 Å². The quantitative estimate of drug-likeness (QED) is 0.808. The molecule has 2 aromatic rings. The molecule has 5 nitrogen and oxygen atoms in total. The van der Waals surface area contributed by atoms with Crippen molar-refractivity contribution in [2.45, 2.75) is 13.8 Å². The summed E-state index contributed by atoms with van der Waals surface area (Å²) in [5.41, 5.74) is 8.84. The molecule has 3 amide bonds. The van der Waals surface area contributed by atoms with E-state index >= 15 is 0 Å². The summed E-state index contributed by atoms with van der Waals surface area (Å²) >= 11 is 0. The van der Waals surface area contributed by atoms with E-state index < -0.39 is 6.03 Å². The second-order valence-electron chi connectivity index (χ2n) is 4.90. The molecule has 0 radical (unpaired) electrons. The smallest absolute Gasteiger partial charge is 0.316 e. The first-order chi connectivity index (χ1) is 9.94. The Kier molecular flexibility index (Phi) is 4.23. The van der Waals surface area contributed by atoms with Crippen molar-refractivity contribution in [3.8, 4) is 0 Å². The average molecular weight is 283 g/mol. The Bertz CT molecular complexity index is 675. The second kappa shape index (κ2) is 6.09. The Morgan fingerprint density at radius 2 is 1.48 bits per heavy atom. The van der Waals surface area contributed by atoms with Crippen LogP contribution in [-0.4, -0.2) is 11.9 Å². The van der Waals surface area contributed by atoms with Crippen LogP contribution in [-0.2, 0) is 0 Å². The molecular weight excluding hydrogens is 266 g/mol. The molecule has 0 unspecified atom stereocenters. The van der Waals surface area contributed by atoms with Crippen LogP contribution in [0.15, 0.2) is 42.5 Å². The van der Waals surface area contributed by atoms with Crippen LogP contribution in [0.4, 0.5) is 16.2 Å². The number of nitrogens with one attached hydrogen (secondary N) is 2. The van der Waals surface area contributed by atoms with E-state index in [9.17, 15) is 9.59 Å². The minimum atomic E-state index is -0.646. The van der Waals surface area contributed by atoms with E-state index in [1.807, 2.05) is 32.0 Å². The SMILES string of the molecule is Cc1cc(C)cc(C(=O)Nc2cccc(NC(N)=O)c2)c1. The second-order valence-corrected chi connectivity index (χ2v) is 4.90. The minimum Gasteiger partial charge on any atom is -0.351 e. The first-order valence-corrected chi connectivity index (χ1v) is 6.50. The van der Waals surface area contributed by atoms with E-state index in [4.69, 9.17) is 5.73 Å². The molecule has 0 saturated carbocycles. The van der Waals surface area contributed by atoms with Gasteiger partial charge in [0.25, 0.3) is 5.91 Å². The fourth-order valence-electron chi connectivity index (χ4n) is 2.13. The van der Waals surface area contributed by atoms with E-state index in [1.165, 1.54) is 0 Å². The highest BCUT2D eigenvalue weighted by Crippen LogP contribution is 2.17. The van der Waals surface area contributed by atoms with Gasteiger partial charge >= 0.3 is 6.03 Å². The summed E-state index contributed by atoms with van der Waals surface area (Å²) < 4.78 is 0. The predicted molar refractivity (Wildman–Crippen MR) is 83.5 cm³/mol. The van der Waals surface area contributed by atoms with Crippen molar-refractivity contribution >= 4 is 23.3 Å². The lowest BCUT2D eigenvalue weighted by atomic mass is 10.1. The van der Waals surface area contributed by atoms with Crippen LogP contribution in [0.5, 0.6) is 0 Å². The number of amides is 3. The third-order valence-corrected chi connectivity index (χ3v) is 2.87. The summed E-state index contributed by atoms with van der Waals surface area (Å²) in [5.74, 6) is -0.196. The Morgan fingerprint density at radius 3 is 2.05 bits per heavy atom. The summed E-state index contributed by atoms with van der Waals surface area (Å²) in [6, 6.07) is 11.8. The third kappa shape index (κ3) is 4.07. The van der Waals surface area contributed by atoms with Crippen LogP contribution in [0.25, 0.3) is 0 Å². The summed E-state index contributed by atoms with van der Waals surface area (Å²) in [5, 5.41) is 5.26. The zero-order valence-electron chi connectivity index (χ0n) is 11.9. The van der Waals surface area contributed by atoms with Crippen molar-refractivity contribution in [3.63, 3.8) is 0 Å². The van der Waals surface area contributed by atoms with Crippen LogP contribution in [0.3, 0.4) is 0 Å². The molecule has 0 aromatic heterocycles. The Morgan fingerprint density at radius 1 is 0.905 bits per heavy atom. The van der Waals surface area contributed by atoms with Gasteiger partial charge < -0.3 is 16.4 Å². The maximum absolute atomic E-state index is 12.2. The van der Waals surface area contributed by atoms with Crippen molar-refractivity contribution < 1.29 is 9.59 Å². The Hall–Kier alpha value is -2.82. The Labute approximate surface area is 123 Å². The van der Waals surface area contributed by atoms with Gasteiger partial charge in [0.2, 0.25) is 0 Å². The predicted octanol–water partition coefficient (Wildman–Crippen LogP) is 3.05. The van der Waals surface area contributed by atoms with Gasteiger partial charge in [0.15, 0.2) is 0 Å². The average Bonchev–Trinajstić information content (AvgIpc) is 2.37. The molecule has 2 aromatic carbocycles. The lowest BCUT2D eigenvalue weighted by molar-refractivity contribution is 0.102. The maximum atomic E-state index is 12.2. The molecule has 0 aliphatic rings. The van der Waals surface area contributed by atoms with Crippen LogP contribution < -0.4 is 16.4 Å². The summed E-state index contributed by atoms with van der Waals surface area (Å²) in [6.07, 6.45) is 0. The van der Waals surface area contributed by atoms with Gasteiger partial charge in [-0.25, -0.2) is 4.79 Å². The molecule has 0 atom stereocenters. The zero-order chi connectivity index (χ0) is 15.4. The molecule has 2 rings (SSSR count). The molecule has 0 bridgehead atoms. The number of anilines is 2. The molecule has 0 aliphatic heterocycles. The summed E-state index contributed by atoms with van der Waals surface area (Å²) in [4.78, 5) is 23.1. The topological polar surface area (TPSA) is 84.2 Å². The molecule has 4 N–H and O–H groups in total.